The van der Waals surface area contributed by atoms with E-state index in [1.807, 2.05) is 0 Å². The number of rotatable bonds is 4. The minimum absolute atomic E-state index is 0.158. The molecule has 0 aliphatic carbocycles. The summed E-state index contributed by atoms with van der Waals surface area (Å²) in [6.45, 7) is 2.04. The van der Waals surface area contributed by atoms with Gasteiger partial charge in [0.05, 0.1) is 23.1 Å². The van der Waals surface area contributed by atoms with Gasteiger partial charge >= 0.3 is 6.18 Å². The number of nitrogens with one attached hydrogen (secondary N) is 1. The maximum absolute atomic E-state index is 12.7. The first-order chi connectivity index (χ1) is 9.70. The molecule has 0 bridgehead atoms. The van der Waals surface area contributed by atoms with Crippen LogP contribution in [0.1, 0.15) is 18.1 Å². The van der Waals surface area contributed by atoms with Crippen molar-refractivity contribution in [2.75, 3.05) is 25.5 Å². The Hall–Kier alpha value is -2.23. The number of hydrogen-bond donors (Lipinski definition) is 1. The molecule has 0 aliphatic rings. The SMILES string of the molecule is CNC(=O)[C@@H](C)CN(C)c1ccc(C(F)(F)F)c(C#N)c1. The van der Waals surface area contributed by atoms with Crippen LogP contribution in [0.25, 0.3) is 0 Å². The van der Waals surface area contributed by atoms with Crippen LogP contribution in [0.15, 0.2) is 18.2 Å². The first-order valence-electron chi connectivity index (χ1n) is 6.24. The number of nitriles is 1. The number of halogens is 3. The van der Waals surface area contributed by atoms with Gasteiger partial charge in [0.2, 0.25) is 5.91 Å². The zero-order chi connectivity index (χ0) is 16.2. The van der Waals surface area contributed by atoms with Crippen molar-refractivity contribution >= 4 is 11.6 Å². The Morgan fingerprint density at radius 2 is 2.10 bits per heavy atom. The summed E-state index contributed by atoms with van der Waals surface area (Å²) in [7, 11) is 3.17. The minimum atomic E-state index is -4.56. The van der Waals surface area contributed by atoms with Crippen molar-refractivity contribution in [3.05, 3.63) is 29.3 Å². The summed E-state index contributed by atoms with van der Waals surface area (Å²) in [6.07, 6.45) is -4.56. The highest BCUT2D eigenvalue weighted by atomic mass is 19.4. The molecule has 7 heteroatoms. The molecular weight excluding hydrogens is 283 g/mol. The second kappa shape index (κ2) is 6.48. The lowest BCUT2D eigenvalue weighted by atomic mass is 10.1. The Bertz CT molecular complexity index is 564. The van der Waals surface area contributed by atoms with E-state index in [2.05, 4.69) is 5.32 Å². The molecule has 0 aliphatic heterocycles. The van der Waals surface area contributed by atoms with E-state index in [4.69, 9.17) is 5.26 Å². The monoisotopic (exact) mass is 299 g/mol. The Morgan fingerprint density at radius 1 is 1.48 bits per heavy atom. The van der Waals surface area contributed by atoms with Crippen LogP contribution >= 0.6 is 0 Å². The van der Waals surface area contributed by atoms with Crippen LogP contribution in [-0.4, -0.2) is 26.5 Å². The van der Waals surface area contributed by atoms with E-state index < -0.39 is 17.3 Å². The summed E-state index contributed by atoms with van der Waals surface area (Å²) < 4.78 is 38.1. The quantitative estimate of drug-likeness (QED) is 0.929. The van der Waals surface area contributed by atoms with E-state index in [0.717, 1.165) is 6.07 Å². The lowest BCUT2D eigenvalue weighted by Crippen LogP contribution is -2.34. The Balaban J connectivity index is 3.00. The van der Waals surface area contributed by atoms with Crippen LogP contribution < -0.4 is 10.2 Å². The van der Waals surface area contributed by atoms with Gasteiger partial charge in [-0.15, -0.1) is 0 Å². The Labute approximate surface area is 121 Å². The summed E-state index contributed by atoms with van der Waals surface area (Å²) in [5.41, 5.74) is -0.934. The predicted molar refractivity (Wildman–Crippen MR) is 72.7 cm³/mol. The second-order valence-corrected chi connectivity index (χ2v) is 4.74. The molecule has 0 saturated carbocycles. The van der Waals surface area contributed by atoms with E-state index >= 15 is 0 Å². The fourth-order valence-electron chi connectivity index (χ4n) is 1.95. The smallest absolute Gasteiger partial charge is 0.374 e. The van der Waals surface area contributed by atoms with E-state index in [1.54, 1.807) is 24.9 Å². The number of carbonyl (C=O) groups is 1. The summed E-state index contributed by atoms with van der Waals surface area (Å²) in [4.78, 5) is 13.1. The van der Waals surface area contributed by atoms with Crippen LogP contribution in [0.3, 0.4) is 0 Å². The van der Waals surface area contributed by atoms with E-state index in [0.29, 0.717) is 12.2 Å². The molecule has 0 fully saturated rings. The van der Waals surface area contributed by atoms with Crippen LogP contribution in [0.5, 0.6) is 0 Å². The van der Waals surface area contributed by atoms with Gasteiger partial charge in [-0.1, -0.05) is 6.92 Å². The minimum Gasteiger partial charge on any atom is -0.374 e. The molecule has 0 radical (unpaired) electrons. The molecule has 4 nitrogen and oxygen atoms in total. The third-order valence-electron chi connectivity index (χ3n) is 3.11. The number of hydrogen-bond acceptors (Lipinski definition) is 3. The van der Waals surface area contributed by atoms with Crippen LogP contribution in [0, 0.1) is 17.2 Å². The van der Waals surface area contributed by atoms with Gasteiger partial charge in [-0.3, -0.25) is 4.79 Å². The number of nitrogens with zero attached hydrogens (tertiary/aromatic N) is 2. The van der Waals surface area contributed by atoms with Crippen molar-refractivity contribution in [3.8, 4) is 6.07 Å². The largest absolute Gasteiger partial charge is 0.417 e. The van der Waals surface area contributed by atoms with Crippen molar-refractivity contribution in [3.63, 3.8) is 0 Å². The second-order valence-electron chi connectivity index (χ2n) is 4.74. The van der Waals surface area contributed by atoms with Gasteiger partial charge in [0, 0.05) is 26.3 Å². The predicted octanol–water partition coefficient (Wildman–Crippen LogP) is 2.40. The number of carbonyl (C=O) groups excluding carboxylic acids is 1. The van der Waals surface area contributed by atoms with Gasteiger partial charge in [0.15, 0.2) is 0 Å². The van der Waals surface area contributed by atoms with Gasteiger partial charge in [-0.05, 0) is 18.2 Å². The lowest BCUT2D eigenvalue weighted by Gasteiger charge is -2.23. The van der Waals surface area contributed by atoms with Crippen molar-refractivity contribution in [2.45, 2.75) is 13.1 Å². The molecule has 21 heavy (non-hydrogen) atoms. The maximum Gasteiger partial charge on any atom is 0.417 e. The summed E-state index contributed by atoms with van der Waals surface area (Å²) in [6, 6.07) is 4.91. The first kappa shape index (κ1) is 16.8. The van der Waals surface area contributed by atoms with Crippen LogP contribution in [0.2, 0.25) is 0 Å². The molecule has 0 spiro atoms. The number of anilines is 1. The topological polar surface area (TPSA) is 56.1 Å². The summed E-state index contributed by atoms with van der Waals surface area (Å²) in [5.74, 6) is -0.484. The standard InChI is InChI=1S/C14H16F3N3O/c1-9(13(21)19-2)8-20(3)11-4-5-12(14(15,16)17)10(6-11)7-18/h4-6,9H,8H2,1-3H3,(H,19,21)/t9-/m0/s1. The highest BCUT2D eigenvalue weighted by Crippen LogP contribution is 2.33. The van der Waals surface area contributed by atoms with Gasteiger partial charge < -0.3 is 10.2 Å². The number of benzene rings is 1. The number of amides is 1. The molecule has 0 unspecified atom stereocenters. The average Bonchev–Trinajstić information content (AvgIpc) is 2.44. The third kappa shape index (κ3) is 4.12. The van der Waals surface area contributed by atoms with Crippen molar-refractivity contribution in [2.24, 2.45) is 5.92 Å². The maximum atomic E-state index is 12.7. The van der Waals surface area contributed by atoms with E-state index in [-0.39, 0.29) is 11.8 Å². The molecule has 1 N–H and O–H groups in total. The van der Waals surface area contributed by atoms with Gasteiger partial charge in [0.1, 0.15) is 0 Å². The fourth-order valence-corrected chi connectivity index (χ4v) is 1.95. The van der Waals surface area contributed by atoms with Crippen molar-refractivity contribution in [1.82, 2.24) is 5.32 Å². The summed E-state index contributed by atoms with van der Waals surface area (Å²) in [5, 5.41) is 11.4. The fraction of sp³-hybridized carbons (Fsp3) is 0.429. The molecule has 1 aromatic carbocycles. The summed E-state index contributed by atoms with van der Waals surface area (Å²) >= 11 is 0. The normalized spacial score (nSPS) is 12.4. The molecular formula is C14H16F3N3O. The van der Waals surface area contributed by atoms with Gasteiger partial charge in [0.25, 0.3) is 0 Å². The molecule has 1 amide bonds. The van der Waals surface area contributed by atoms with Gasteiger partial charge in [-0.25, -0.2) is 0 Å². The molecule has 1 aromatic rings. The van der Waals surface area contributed by atoms with Gasteiger partial charge in [-0.2, -0.15) is 18.4 Å². The molecule has 0 saturated heterocycles. The Morgan fingerprint density at radius 3 is 2.57 bits per heavy atom. The zero-order valence-corrected chi connectivity index (χ0v) is 12.0. The average molecular weight is 299 g/mol. The number of alkyl halides is 3. The highest BCUT2D eigenvalue weighted by molar-refractivity contribution is 5.78. The van der Waals surface area contributed by atoms with Crippen LogP contribution in [0.4, 0.5) is 18.9 Å². The zero-order valence-electron chi connectivity index (χ0n) is 12.0. The van der Waals surface area contributed by atoms with E-state index in [9.17, 15) is 18.0 Å². The van der Waals surface area contributed by atoms with E-state index in [1.165, 1.54) is 19.2 Å². The first-order valence-corrected chi connectivity index (χ1v) is 6.24. The van der Waals surface area contributed by atoms with Crippen LogP contribution in [-0.2, 0) is 11.0 Å². The lowest BCUT2D eigenvalue weighted by molar-refractivity contribution is -0.137. The molecule has 1 atom stereocenters. The third-order valence-corrected chi connectivity index (χ3v) is 3.11. The Kier molecular flexibility index (Phi) is 5.19. The molecule has 114 valence electrons. The molecule has 1 rings (SSSR count). The molecule has 0 aromatic heterocycles. The van der Waals surface area contributed by atoms with Crippen molar-refractivity contribution < 1.29 is 18.0 Å². The highest BCUT2D eigenvalue weighted by Gasteiger charge is 2.33. The van der Waals surface area contributed by atoms with Crippen molar-refractivity contribution in [1.29, 1.82) is 5.26 Å². The molecule has 0 heterocycles.